The Hall–Kier alpha value is -1.91. The Morgan fingerprint density at radius 1 is 1.17 bits per heavy atom. The van der Waals surface area contributed by atoms with Crippen LogP contribution in [0.1, 0.15) is 22.3 Å². The fourth-order valence-corrected chi connectivity index (χ4v) is 3.03. The zero-order valence-electron chi connectivity index (χ0n) is 13.2. The van der Waals surface area contributed by atoms with Gasteiger partial charge in [-0.2, -0.15) is 0 Å². The molecule has 0 N–H and O–H groups in total. The van der Waals surface area contributed by atoms with Crippen molar-refractivity contribution >= 4 is 29.1 Å². The Morgan fingerprint density at radius 2 is 1.96 bits per heavy atom. The molecule has 0 bridgehead atoms. The molecule has 0 unspecified atom stereocenters. The van der Waals surface area contributed by atoms with Crippen LogP contribution < -0.4 is 9.47 Å². The third-order valence-electron chi connectivity index (χ3n) is 3.70. The highest BCUT2D eigenvalue weighted by molar-refractivity contribution is 6.32. The average molecular weight is 366 g/mol. The molecule has 1 amide bonds. The van der Waals surface area contributed by atoms with Crippen LogP contribution in [-0.4, -0.2) is 31.1 Å². The van der Waals surface area contributed by atoms with Gasteiger partial charge in [-0.05, 0) is 29.8 Å². The van der Waals surface area contributed by atoms with Crippen LogP contribution in [0.5, 0.6) is 11.5 Å². The van der Waals surface area contributed by atoms with Crippen molar-refractivity contribution in [1.82, 2.24) is 4.90 Å². The molecule has 0 saturated carbocycles. The Bertz CT molecular complexity index is 764. The number of nitrogens with zero attached hydrogens (tertiary/aromatic N) is 1. The number of halogens is 2. The standard InChI is InChI=1S/C18H17Cl2NO3/c1-21(11-12-4-2-5-14(19)8-12)18(22)13-9-15(20)17-16(10-13)23-6-3-7-24-17/h2,4-5,8-10H,3,6-7,11H2,1H3. The van der Waals surface area contributed by atoms with Crippen molar-refractivity contribution in [1.29, 1.82) is 0 Å². The van der Waals surface area contributed by atoms with E-state index in [1.54, 1.807) is 30.1 Å². The largest absolute Gasteiger partial charge is 0.489 e. The summed E-state index contributed by atoms with van der Waals surface area (Å²) >= 11 is 12.2. The average Bonchev–Trinajstić information content (AvgIpc) is 2.80. The van der Waals surface area contributed by atoms with Gasteiger partial charge >= 0.3 is 0 Å². The second-order valence-corrected chi connectivity index (χ2v) is 6.47. The quantitative estimate of drug-likeness (QED) is 0.807. The van der Waals surface area contributed by atoms with Crippen LogP contribution in [0.15, 0.2) is 36.4 Å². The van der Waals surface area contributed by atoms with Crippen LogP contribution in [0, 0.1) is 0 Å². The van der Waals surface area contributed by atoms with Crippen LogP contribution in [0.25, 0.3) is 0 Å². The molecule has 4 nitrogen and oxygen atoms in total. The van der Waals surface area contributed by atoms with Gasteiger partial charge in [0.25, 0.3) is 5.91 Å². The molecule has 1 aliphatic heterocycles. The van der Waals surface area contributed by atoms with Gasteiger partial charge in [-0.25, -0.2) is 0 Å². The normalized spacial score (nSPS) is 13.3. The topological polar surface area (TPSA) is 38.8 Å². The van der Waals surface area contributed by atoms with Crippen LogP contribution in [0.2, 0.25) is 10.0 Å². The number of fused-ring (bicyclic) bond motifs is 1. The van der Waals surface area contributed by atoms with Gasteiger partial charge in [-0.1, -0.05) is 35.3 Å². The molecule has 1 aliphatic rings. The third-order valence-corrected chi connectivity index (χ3v) is 4.22. The van der Waals surface area contributed by atoms with Crippen molar-refractivity contribution in [2.24, 2.45) is 0 Å². The van der Waals surface area contributed by atoms with E-state index in [2.05, 4.69) is 0 Å². The minimum absolute atomic E-state index is 0.146. The van der Waals surface area contributed by atoms with E-state index in [0.29, 0.717) is 46.9 Å². The molecular weight excluding hydrogens is 349 g/mol. The first-order valence-corrected chi connectivity index (χ1v) is 8.39. The lowest BCUT2D eigenvalue weighted by molar-refractivity contribution is 0.0784. The molecule has 0 saturated heterocycles. The lowest BCUT2D eigenvalue weighted by Crippen LogP contribution is -2.26. The molecule has 1 heterocycles. The van der Waals surface area contributed by atoms with Gasteiger partial charge in [0.1, 0.15) is 0 Å². The van der Waals surface area contributed by atoms with Gasteiger partial charge in [0, 0.05) is 30.6 Å². The van der Waals surface area contributed by atoms with Gasteiger partial charge in [0.05, 0.1) is 18.2 Å². The van der Waals surface area contributed by atoms with Crippen LogP contribution in [0.3, 0.4) is 0 Å². The lowest BCUT2D eigenvalue weighted by atomic mass is 10.1. The molecule has 126 valence electrons. The summed E-state index contributed by atoms with van der Waals surface area (Å²) in [5, 5.41) is 1.03. The molecule has 2 aromatic rings. The molecule has 2 aromatic carbocycles. The van der Waals surface area contributed by atoms with Gasteiger partial charge in [-0.15, -0.1) is 0 Å². The minimum Gasteiger partial charge on any atom is -0.489 e. The zero-order chi connectivity index (χ0) is 17.1. The first kappa shape index (κ1) is 16.9. The maximum atomic E-state index is 12.7. The Morgan fingerprint density at radius 3 is 2.75 bits per heavy atom. The Balaban J connectivity index is 1.81. The first-order chi connectivity index (χ1) is 11.5. The van der Waals surface area contributed by atoms with Gasteiger partial charge in [-0.3, -0.25) is 4.79 Å². The van der Waals surface area contributed by atoms with Gasteiger partial charge < -0.3 is 14.4 Å². The molecule has 0 aliphatic carbocycles. The second kappa shape index (κ2) is 7.32. The summed E-state index contributed by atoms with van der Waals surface area (Å²) in [6, 6.07) is 10.7. The van der Waals surface area contributed by atoms with Crippen molar-refractivity contribution in [2.75, 3.05) is 20.3 Å². The second-order valence-electron chi connectivity index (χ2n) is 5.63. The SMILES string of the molecule is CN(Cc1cccc(Cl)c1)C(=O)c1cc(Cl)c2c(c1)OCCCO2. The lowest BCUT2D eigenvalue weighted by Gasteiger charge is -2.19. The number of rotatable bonds is 3. The highest BCUT2D eigenvalue weighted by Crippen LogP contribution is 2.38. The van der Waals surface area contributed by atoms with Crippen molar-refractivity contribution in [2.45, 2.75) is 13.0 Å². The van der Waals surface area contributed by atoms with E-state index in [1.807, 2.05) is 18.2 Å². The number of amides is 1. The predicted molar refractivity (Wildman–Crippen MR) is 94.3 cm³/mol. The van der Waals surface area contributed by atoms with Crippen LogP contribution in [-0.2, 0) is 6.54 Å². The highest BCUT2D eigenvalue weighted by atomic mass is 35.5. The summed E-state index contributed by atoms with van der Waals surface area (Å²) in [5.41, 5.74) is 1.42. The van der Waals surface area contributed by atoms with Gasteiger partial charge in [0.2, 0.25) is 0 Å². The monoisotopic (exact) mass is 365 g/mol. The fraction of sp³-hybridized carbons (Fsp3) is 0.278. The maximum absolute atomic E-state index is 12.7. The molecule has 0 spiro atoms. The summed E-state index contributed by atoms with van der Waals surface area (Å²) in [6.45, 7) is 1.54. The van der Waals surface area contributed by atoms with Crippen molar-refractivity contribution in [3.05, 3.63) is 57.6 Å². The van der Waals surface area contributed by atoms with Crippen molar-refractivity contribution in [3.8, 4) is 11.5 Å². The molecule has 6 heteroatoms. The molecule has 3 rings (SSSR count). The van der Waals surface area contributed by atoms with Crippen molar-refractivity contribution in [3.63, 3.8) is 0 Å². The van der Waals surface area contributed by atoms with E-state index in [9.17, 15) is 4.79 Å². The van der Waals surface area contributed by atoms with E-state index < -0.39 is 0 Å². The van der Waals surface area contributed by atoms with E-state index in [4.69, 9.17) is 32.7 Å². The van der Waals surface area contributed by atoms with E-state index in [1.165, 1.54) is 0 Å². The van der Waals surface area contributed by atoms with Gasteiger partial charge in [0.15, 0.2) is 11.5 Å². The molecule has 0 fully saturated rings. The molecule has 0 atom stereocenters. The number of carbonyl (C=O) groups is 1. The van der Waals surface area contributed by atoms with E-state index >= 15 is 0 Å². The van der Waals surface area contributed by atoms with E-state index in [-0.39, 0.29) is 5.91 Å². The molecule has 0 radical (unpaired) electrons. The first-order valence-electron chi connectivity index (χ1n) is 7.63. The number of hydrogen-bond acceptors (Lipinski definition) is 3. The predicted octanol–water partition coefficient (Wildman–Crippen LogP) is 4.43. The number of hydrogen-bond donors (Lipinski definition) is 0. The summed E-state index contributed by atoms with van der Waals surface area (Å²) in [4.78, 5) is 14.3. The summed E-state index contributed by atoms with van der Waals surface area (Å²) in [7, 11) is 1.74. The molecule has 0 aromatic heterocycles. The van der Waals surface area contributed by atoms with Crippen molar-refractivity contribution < 1.29 is 14.3 Å². The van der Waals surface area contributed by atoms with Crippen LogP contribution in [0.4, 0.5) is 0 Å². The smallest absolute Gasteiger partial charge is 0.254 e. The van der Waals surface area contributed by atoms with E-state index in [0.717, 1.165) is 12.0 Å². The maximum Gasteiger partial charge on any atom is 0.254 e. The summed E-state index contributed by atoms with van der Waals surface area (Å²) < 4.78 is 11.2. The summed E-state index contributed by atoms with van der Waals surface area (Å²) in [6.07, 6.45) is 0.781. The third kappa shape index (κ3) is 3.77. The zero-order valence-corrected chi connectivity index (χ0v) is 14.7. The number of ether oxygens (including phenoxy) is 2. The highest BCUT2D eigenvalue weighted by Gasteiger charge is 2.20. The minimum atomic E-state index is -0.146. The van der Waals surface area contributed by atoms with Crippen LogP contribution >= 0.6 is 23.2 Å². The Labute approximate surface area is 150 Å². The molecular formula is C18H17Cl2NO3. The summed E-state index contributed by atoms with van der Waals surface area (Å²) in [5.74, 6) is 0.871. The number of carbonyl (C=O) groups excluding carboxylic acids is 1. The fourth-order valence-electron chi connectivity index (χ4n) is 2.56. The molecule has 24 heavy (non-hydrogen) atoms. The number of benzene rings is 2. The Kier molecular flexibility index (Phi) is 5.17.